The van der Waals surface area contributed by atoms with Gasteiger partial charge in [0, 0.05) is 11.0 Å². The highest BCUT2D eigenvalue weighted by molar-refractivity contribution is 6.28. The first-order chi connectivity index (χ1) is 10.2. The number of carbonyl (C=O) groups is 2. The normalized spacial score (nSPS) is 22.3. The molecule has 0 amide bonds. The summed E-state index contributed by atoms with van der Waals surface area (Å²) in [6.07, 6.45) is -0.350. The second-order valence-electron chi connectivity index (χ2n) is 6.04. The highest BCUT2D eigenvalue weighted by Crippen LogP contribution is 2.51. The molecule has 0 aromatic heterocycles. The van der Waals surface area contributed by atoms with Crippen LogP contribution in [0.2, 0.25) is 0 Å². The van der Waals surface area contributed by atoms with Gasteiger partial charge >= 0.3 is 0 Å². The number of aromatic hydroxyl groups is 2. The smallest absolute Gasteiger partial charge is 0.232 e. The van der Waals surface area contributed by atoms with Gasteiger partial charge in [0.2, 0.25) is 11.5 Å². The van der Waals surface area contributed by atoms with Crippen molar-refractivity contribution in [1.82, 2.24) is 0 Å². The maximum absolute atomic E-state index is 12.8. The number of methoxy groups -OCH3 is 1. The van der Waals surface area contributed by atoms with Gasteiger partial charge in [-0.05, 0) is 13.0 Å². The summed E-state index contributed by atoms with van der Waals surface area (Å²) in [4.78, 5) is 25.4. The minimum atomic E-state index is -0.634. The molecule has 3 rings (SSSR count). The number of ketones is 2. The van der Waals surface area contributed by atoms with E-state index in [0.29, 0.717) is 0 Å². The Morgan fingerprint density at radius 3 is 2.45 bits per heavy atom. The molecule has 0 unspecified atom stereocenters. The van der Waals surface area contributed by atoms with E-state index in [2.05, 4.69) is 0 Å². The van der Waals surface area contributed by atoms with Gasteiger partial charge in [-0.2, -0.15) is 0 Å². The number of hydrogen-bond acceptors (Lipinski definition) is 6. The molecule has 2 N–H and O–H groups in total. The average Bonchev–Trinajstić information content (AvgIpc) is 2.67. The SMILES string of the molecule is COc1c(O)cc2c(c1O)C(=O)C1=C(C2=O)C(C)(C)[C@H](C)O1. The summed E-state index contributed by atoms with van der Waals surface area (Å²) in [5.74, 6) is -2.21. The van der Waals surface area contributed by atoms with Crippen LogP contribution in [0.25, 0.3) is 0 Å². The van der Waals surface area contributed by atoms with Crippen molar-refractivity contribution >= 4 is 11.6 Å². The molecule has 2 aliphatic rings. The summed E-state index contributed by atoms with van der Waals surface area (Å²) in [7, 11) is 1.25. The minimum Gasteiger partial charge on any atom is -0.504 e. The van der Waals surface area contributed by atoms with Crippen LogP contribution in [-0.2, 0) is 4.74 Å². The highest BCUT2D eigenvalue weighted by atomic mass is 16.5. The molecule has 0 spiro atoms. The van der Waals surface area contributed by atoms with E-state index in [4.69, 9.17) is 9.47 Å². The lowest BCUT2D eigenvalue weighted by atomic mass is 9.74. The number of phenolic OH excluding ortho intramolecular Hbond substituents is 2. The number of Topliss-reactive ketones (excluding diaryl/α,β-unsaturated/α-hetero) is 2. The first-order valence-electron chi connectivity index (χ1n) is 6.85. The standard InChI is InChI=1S/C16H16O6/c1-6-16(2,3)10-11(18)7-5-8(17)14(21-4)12(19)9(7)13(20)15(10)22-6/h5-6,17,19H,1-4H3/t6-/m0/s1. The summed E-state index contributed by atoms with van der Waals surface area (Å²) in [5.41, 5.74) is -0.583. The van der Waals surface area contributed by atoms with Gasteiger partial charge in [-0.3, -0.25) is 9.59 Å². The predicted octanol–water partition coefficient (Wildman–Crippen LogP) is 2.18. The molecule has 1 aliphatic carbocycles. The van der Waals surface area contributed by atoms with Crippen molar-refractivity contribution in [3.8, 4) is 17.2 Å². The van der Waals surface area contributed by atoms with Crippen molar-refractivity contribution in [2.75, 3.05) is 7.11 Å². The molecule has 6 nitrogen and oxygen atoms in total. The molecule has 1 aromatic carbocycles. The van der Waals surface area contributed by atoms with E-state index in [1.54, 1.807) is 6.92 Å². The van der Waals surface area contributed by atoms with Crippen LogP contribution in [0.4, 0.5) is 0 Å². The Hall–Kier alpha value is -2.50. The quantitative estimate of drug-likeness (QED) is 0.826. The van der Waals surface area contributed by atoms with Crippen LogP contribution >= 0.6 is 0 Å². The lowest BCUT2D eigenvalue weighted by Gasteiger charge is -2.25. The van der Waals surface area contributed by atoms with Gasteiger partial charge in [-0.25, -0.2) is 0 Å². The maximum Gasteiger partial charge on any atom is 0.232 e. The number of phenols is 2. The fraction of sp³-hybridized carbons (Fsp3) is 0.375. The molecule has 0 fully saturated rings. The molecule has 1 heterocycles. The van der Waals surface area contributed by atoms with Gasteiger partial charge in [-0.1, -0.05) is 13.8 Å². The molecule has 0 bridgehead atoms. The number of ether oxygens (including phenoxy) is 2. The number of fused-ring (bicyclic) bond motifs is 1. The molecule has 1 aromatic rings. The summed E-state index contributed by atoms with van der Waals surface area (Å²) in [6, 6.07) is 1.15. The molecule has 0 saturated carbocycles. The Bertz CT molecular complexity index is 756. The average molecular weight is 304 g/mol. The maximum atomic E-state index is 12.8. The van der Waals surface area contributed by atoms with Gasteiger partial charge < -0.3 is 19.7 Å². The lowest BCUT2D eigenvalue weighted by molar-refractivity contribution is 0.0720. The first kappa shape index (κ1) is 14.4. The molecule has 116 valence electrons. The Labute approximate surface area is 127 Å². The van der Waals surface area contributed by atoms with E-state index < -0.39 is 28.5 Å². The number of rotatable bonds is 1. The predicted molar refractivity (Wildman–Crippen MR) is 76.3 cm³/mol. The van der Waals surface area contributed by atoms with E-state index in [0.717, 1.165) is 6.07 Å². The second kappa shape index (κ2) is 4.25. The van der Waals surface area contributed by atoms with Crippen LogP contribution in [0.1, 0.15) is 41.5 Å². The van der Waals surface area contributed by atoms with Crippen molar-refractivity contribution in [3.63, 3.8) is 0 Å². The Morgan fingerprint density at radius 2 is 1.86 bits per heavy atom. The van der Waals surface area contributed by atoms with Gasteiger partial charge in [0.15, 0.2) is 23.0 Å². The van der Waals surface area contributed by atoms with Crippen LogP contribution in [0.15, 0.2) is 17.4 Å². The third-order valence-electron chi connectivity index (χ3n) is 4.53. The molecule has 22 heavy (non-hydrogen) atoms. The summed E-state index contributed by atoms with van der Waals surface area (Å²) in [5, 5.41) is 20.1. The highest BCUT2D eigenvalue weighted by Gasteiger charge is 2.51. The fourth-order valence-corrected chi connectivity index (χ4v) is 2.94. The van der Waals surface area contributed by atoms with E-state index >= 15 is 0 Å². The Balaban J connectivity index is 2.30. The van der Waals surface area contributed by atoms with Crippen molar-refractivity contribution in [2.24, 2.45) is 5.41 Å². The van der Waals surface area contributed by atoms with E-state index in [9.17, 15) is 19.8 Å². The van der Waals surface area contributed by atoms with Crippen LogP contribution in [-0.4, -0.2) is 35.0 Å². The van der Waals surface area contributed by atoms with Crippen molar-refractivity contribution in [2.45, 2.75) is 26.9 Å². The summed E-state index contributed by atoms with van der Waals surface area (Å²) in [6.45, 7) is 5.42. The molecule has 1 atom stereocenters. The van der Waals surface area contributed by atoms with Gasteiger partial charge in [-0.15, -0.1) is 0 Å². The molecule has 6 heteroatoms. The minimum absolute atomic E-state index is 0.0296. The van der Waals surface area contributed by atoms with Crippen LogP contribution in [0.3, 0.4) is 0 Å². The Morgan fingerprint density at radius 1 is 1.23 bits per heavy atom. The van der Waals surface area contributed by atoms with Crippen LogP contribution < -0.4 is 4.74 Å². The zero-order valence-corrected chi connectivity index (χ0v) is 12.7. The molecule has 0 radical (unpaired) electrons. The largest absolute Gasteiger partial charge is 0.504 e. The lowest BCUT2D eigenvalue weighted by Crippen LogP contribution is -2.29. The van der Waals surface area contributed by atoms with Crippen molar-refractivity contribution in [3.05, 3.63) is 28.5 Å². The molecule has 1 aliphatic heterocycles. The van der Waals surface area contributed by atoms with Gasteiger partial charge in [0.1, 0.15) is 6.10 Å². The molecular weight excluding hydrogens is 288 g/mol. The first-order valence-corrected chi connectivity index (χ1v) is 6.85. The summed E-state index contributed by atoms with van der Waals surface area (Å²) < 4.78 is 10.5. The number of hydrogen-bond donors (Lipinski definition) is 2. The van der Waals surface area contributed by atoms with Crippen LogP contribution in [0.5, 0.6) is 17.2 Å². The number of benzene rings is 1. The Kier molecular flexibility index (Phi) is 2.79. The van der Waals surface area contributed by atoms with Crippen molar-refractivity contribution in [1.29, 1.82) is 0 Å². The van der Waals surface area contributed by atoms with Crippen molar-refractivity contribution < 1.29 is 29.3 Å². The zero-order valence-electron chi connectivity index (χ0n) is 12.7. The van der Waals surface area contributed by atoms with Gasteiger partial charge in [0.05, 0.1) is 18.2 Å². The van der Waals surface area contributed by atoms with E-state index in [1.807, 2.05) is 13.8 Å². The van der Waals surface area contributed by atoms with Crippen LogP contribution in [0, 0.1) is 5.41 Å². The zero-order chi connectivity index (χ0) is 16.4. The van der Waals surface area contributed by atoms with E-state index in [-0.39, 0.29) is 34.3 Å². The molecule has 0 saturated heterocycles. The monoisotopic (exact) mass is 304 g/mol. The molecular formula is C16H16O6. The number of carbonyl (C=O) groups excluding carboxylic acids is 2. The van der Waals surface area contributed by atoms with Gasteiger partial charge in [0.25, 0.3) is 0 Å². The summed E-state index contributed by atoms with van der Waals surface area (Å²) >= 11 is 0. The third kappa shape index (κ3) is 1.55. The second-order valence-corrected chi connectivity index (χ2v) is 6.04. The fourth-order valence-electron chi connectivity index (χ4n) is 2.94. The van der Waals surface area contributed by atoms with E-state index in [1.165, 1.54) is 7.11 Å². The number of allylic oxidation sites excluding steroid dienone is 1. The third-order valence-corrected chi connectivity index (χ3v) is 4.53. The topological polar surface area (TPSA) is 93.1 Å².